The predicted molar refractivity (Wildman–Crippen MR) is 102 cm³/mol. The van der Waals surface area contributed by atoms with Crippen LogP contribution in [0.15, 0.2) is 12.1 Å². The Kier molecular flexibility index (Phi) is 4.11. The molecule has 1 aromatic heterocycles. The van der Waals surface area contributed by atoms with Crippen molar-refractivity contribution in [2.45, 2.75) is 59.0 Å². The van der Waals surface area contributed by atoms with Crippen LogP contribution in [-0.4, -0.2) is 52.4 Å². The summed E-state index contributed by atoms with van der Waals surface area (Å²) in [7, 11) is 0. The van der Waals surface area contributed by atoms with Crippen molar-refractivity contribution in [3.8, 4) is 0 Å². The molecule has 0 saturated carbocycles. The Hall–Kier alpha value is -1.81. The van der Waals surface area contributed by atoms with Gasteiger partial charge in [-0.25, -0.2) is 0 Å². The van der Waals surface area contributed by atoms with Gasteiger partial charge < -0.3 is 9.88 Å². The third-order valence-corrected chi connectivity index (χ3v) is 6.31. The van der Waals surface area contributed by atoms with Crippen LogP contribution >= 0.6 is 0 Å². The lowest BCUT2D eigenvalue weighted by atomic mass is 9.97. The average Bonchev–Trinajstić information content (AvgIpc) is 2.90. The first kappa shape index (κ1) is 16.6. The van der Waals surface area contributed by atoms with Crippen molar-refractivity contribution in [3.63, 3.8) is 0 Å². The number of piperidine rings is 1. The predicted octanol–water partition coefficient (Wildman–Crippen LogP) is 3.79. The molecule has 25 heavy (non-hydrogen) atoms. The second kappa shape index (κ2) is 6.17. The van der Waals surface area contributed by atoms with Gasteiger partial charge in [0.25, 0.3) is 5.91 Å². The third-order valence-electron chi connectivity index (χ3n) is 6.31. The van der Waals surface area contributed by atoms with E-state index in [0.717, 1.165) is 29.9 Å². The van der Waals surface area contributed by atoms with Gasteiger partial charge in [-0.3, -0.25) is 9.69 Å². The summed E-state index contributed by atoms with van der Waals surface area (Å²) in [6.45, 7) is 11.6. The van der Waals surface area contributed by atoms with E-state index in [9.17, 15) is 4.79 Å². The standard InChI is InChI=1S/C21H29N3O/c1-13-8-9-14(2)19-18(13)16(4)20(22-19)21(25)23-11-17(12-23)24-10-6-5-7-15(24)3/h8-9,15,17,22H,5-7,10-12H2,1-4H3/t15-/m1/s1. The van der Waals surface area contributed by atoms with E-state index in [4.69, 9.17) is 0 Å². The molecule has 1 aromatic carbocycles. The molecule has 0 radical (unpaired) electrons. The van der Waals surface area contributed by atoms with Crippen molar-refractivity contribution < 1.29 is 4.79 Å². The number of hydrogen-bond acceptors (Lipinski definition) is 2. The fourth-order valence-corrected chi connectivity index (χ4v) is 4.66. The SMILES string of the molecule is Cc1ccc(C)c2c(C)c(C(=O)N3CC(N4CCCC[C@H]4C)C3)[nH]c12. The average molecular weight is 339 g/mol. The van der Waals surface area contributed by atoms with Crippen LogP contribution in [0.5, 0.6) is 0 Å². The topological polar surface area (TPSA) is 39.3 Å². The largest absolute Gasteiger partial charge is 0.350 e. The number of aromatic amines is 1. The summed E-state index contributed by atoms with van der Waals surface area (Å²) < 4.78 is 0. The van der Waals surface area contributed by atoms with Crippen LogP contribution in [0.2, 0.25) is 0 Å². The zero-order valence-electron chi connectivity index (χ0n) is 15.9. The lowest BCUT2D eigenvalue weighted by Gasteiger charge is -2.49. The van der Waals surface area contributed by atoms with E-state index in [2.05, 4.69) is 49.7 Å². The van der Waals surface area contributed by atoms with E-state index in [0.29, 0.717) is 12.1 Å². The number of amides is 1. The van der Waals surface area contributed by atoms with Crippen molar-refractivity contribution in [2.75, 3.05) is 19.6 Å². The first-order valence-corrected chi connectivity index (χ1v) is 9.61. The third kappa shape index (κ3) is 2.67. The summed E-state index contributed by atoms with van der Waals surface area (Å²) in [5.74, 6) is 0.161. The van der Waals surface area contributed by atoms with Gasteiger partial charge in [-0.1, -0.05) is 18.6 Å². The highest BCUT2D eigenvalue weighted by atomic mass is 16.2. The minimum Gasteiger partial charge on any atom is -0.350 e. The molecule has 1 atom stereocenters. The van der Waals surface area contributed by atoms with E-state index in [-0.39, 0.29) is 5.91 Å². The Balaban J connectivity index is 1.53. The summed E-state index contributed by atoms with van der Waals surface area (Å²) >= 11 is 0. The van der Waals surface area contributed by atoms with Gasteiger partial charge >= 0.3 is 0 Å². The summed E-state index contributed by atoms with van der Waals surface area (Å²) in [6, 6.07) is 5.48. The van der Waals surface area contributed by atoms with Gasteiger partial charge in [-0.15, -0.1) is 0 Å². The molecule has 2 saturated heterocycles. The minimum absolute atomic E-state index is 0.161. The molecule has 134 valence electrons. The van der Waals surface area contributed by atoms with Crippen molar-refractivity contribution in [2.24, 2.45) is 0 Å². The van der Waals surface area contributed by atoms with Crippen LogP contribution in [0.4, 0.5) is 0 Å². The number of H-pyrrole nitrogens is 1. The van der Waals surface area contributed by atoms with Gasteiger partial charge in [0, 0.05) is 36.1 Å². The number of carbonyl (C=O) groups excluding carboxylic acids is 1. The monoisotopic (exact) mass is 339 g/mol. The van der Waals surface area contributed by atoms with E-state index >= 15 is 0 Å². The second-order valence-corrected chi connectivity index (χ2v) is 8.02. The molecule has 1 amide bonds. The molecule has 2 fully saturated rings. The Labute approximate surface area is 150 Å². The molecule has 0 bridgehead atoms. The first-order chi connectivity index (χ1) is 12.0. The maximum Gasteiger partial charge on any atom is 0.270 e. The number of aryl methyl sites for hydroxylation is 3. The molecular formula is C21H29N3O. The van der Waals surface area contributed by atoms with Gasteiger partial charge in [-0.05, 0) is 63.8 Å². The second-order valence-electron chi connectivity index (χ2n) is 8.02. The van der Waals surface area contributed by atoms with Crippen LogP contribution in [0.1, 0.15) is 53.4 Å². The van der Waals surface area contributed by atoms with Gasteiger partial charge in [0.15, 0.2) is 0 Å². The van der Waals surface area contributed by atoms with Gasteiger partial charge in [0.1, 0.15) is 5.69 Å². The van der Waals surface area contributed by atoms with Crippen molar-refractivity contribution in [1.82, 2.24) is 14.8 Å². The number of aromatic nitrogens is 1. The quantitative estimate of drug-likeness (QED) is 0.904. The Bertz CT molecular complexity index is 816. The van der Waals surface area contributed by atoms with Crippen molar-refractivity contribution in [1.29, 1.82) is 0 Å². The molecule has 0 unspecified atom stereocenters. The zero-order valence-corrected chi connectivity index (χ0v) is 15.9. The highest BCUT2D eigenvalue weighted by Crippen LogP contribution is 2.30. The normalized spacial score (nSPS) is 22.4. The molecule has 4 heteroatoms. The minimum atomic E-state index is 0.161. The van der Waals surface area contributed by atoms with Gasteiger partial charge in [0.2, 0.25) is 0 Å². The van der Waals surface area contributed by atoms with E-state index in [1.807, 2.05) is 4.90 Å². The summed E-state index contributed by atoms with van der Waals surface area (Å²) in [5.41, 5.74) is 5.42. The van der Waals surface area contributed by atoms with Gasteiger partial charge in [0.05, 0.1) is 0 Å². The molecule has 0 aliphatic carbocycles. The van der Waals surface area contributed by atoms with Crippen LogP contribution in [-0.2, 0) is 0 Å². The molecule has 2 aliphatic heterocycles. The molecular weight excluding hydrogens is 310 g/mol. The summed E-state index contributed by atoms with van der Waals surface area (Å²) in [5, 5.41) is 1.21. The number of rotatable bonds is 2. The number of nitrogens with zero attached hydrogens (tertiary/aromatic N) is 2. The fourth-order valence-electron chi connectivity index (χ4n) is 4.66. The number of nitrogens with one attached hydrogen (secondary N) is 1. The fraction of sp³-hybridized carbons (Fsp3) is 0.571. The van der Waals surface area contributed by atoms with Crippen molar-refractivity contribution in [3.05, 3.63) is 34.5 Å². The highest BCUT2D eigenvalue weighted by Gasteiger charge is 2.38. The Morgan fingerprint density at radius 2 is 1.84 bits per heavy atom. The number of benzene rings is 1. The van der Waals surface area contributed by atoms with E-state index < -0.39 is 0 Å². The maximum absolute atomic E-state index is 13.0. The molecule has 3 heterocycles. The number of hydrogen-bond donors (Lipinski definition) is 1. The molecule has 2 aromatic rings. The molecule has 0 spiro atoms. The highest BCUT2D eigenvalue weighted by molar-refractivity contribution is 6.02. The van der Waals surface area contributed by atoms with Gasteiger partial charge in [-0.2, -0.15) is 0 Å². The van der Waals surface area contributed by atoms with Crippen molar-refractivity contribution >= 4 is 16.8 Å². The first-order valence-electron chi connectivity index (χ1n) is 9.61. The van der Waals surface area contributed by atoms with Crippen LogP contribution in [0.25, 0.3) is 10.9 Å². The summed E-state index contributed by atoms with van der Waals surface area (Å²) in [4.78, 5) is 21.1. The maximum atomic E-state index is 13.0. The number of fused-ring (bicyclic) bond motifs is 1. The van der Waals surface area contributed by atoms with E-state index in [1.54, 1.807) is 0 Å². The molecule has 1 N–H and O–H groups in total. The smallest absolute Gasteiger partial charge is 0.270 e. The lowest BCUT2D eigenvalue weighted by molar-refractivity contribution is 0.00182. The molecule has 2 aliphatic rings. The Morgan fingerprint density at radius 1 is 1.12 bits per heavy atom. The summed E-state index contributed by atoms with van der Waals surface area (Å²) in [6.07, 6.45) is 3.94. The Morgan fingerprint density at radius 3 is 2.52 bits per heavy atom. The van der Waals surface area contributed by atoms with Crippen LogP contribution in [0.3, 0.4) is 0 Å². The number of likely N-dealkylation sites (tertiary alicyclic amines) is 2. The zero-order chi connectivity index (χ0) is 17.7. The molecule has 4 rings (SSSR count). The molecule has 4 nitrogen and oxygen atoms in total. The van der Waals surface area contributed by atoms with Crippen LogP contribution in [0, 0.1) is 20.8 Å². The number of carbonyl (C=O) groups is 1. The lowest BCUT2D eigenvalue weighted by Crippen LogP contribution is -2.63. The van der Waals surface area contributed by atoms with Crippen LogP contribution < -0.4 is 0 Å². The van der Waals surface area contributed by atoms with E-state index in [1.165, 1.54) is 42.3 Å².